The fourth-order valence-electron chi connectivity index (χ4n) is 1.59. The lowest BCUT2D eigenvalue weighted by atomic mass is 10.1. The van der Waals surface area contributed by atoms with Gasteiger partial charge in [-0.25, -0.2) is 0 Å². The Balaban J connectivity index is 2.46. The van der Waals surface area contributed by atoms with Gasteiger partial charge in [-0.05, 0) is 31.5 Å². The molecule has 1 N–H and O–H groups in total. The van der Waals surface area contributed by atoms with Crippen LogP contribution in [0, 0.1) is 6.92 Å². The van der Waals surface area contributed by atoms with E-state index in [9.17, 15) is 4.79 Å². The number of aryl methyl sites for hydroxylation is 1. The molecule has 0 radical (unpaired) electrons. The predicted molar refractivity (Wildman–Crippen MR) is 66.4 cm³/mol. The summed E-state index contributed by atoms with van der Waals surface area (Å²) in [4.78, 5) is 13.3. The first-order chi connectivity index (χ1) is 7.65. The Bertz CT molecular complexity index is 350. The molecule has 0 aliphatic carbocycles. The molecule has 0 fully saturated rings. The molecule has 0 saturated heterocycles. The zero-order valence-electron chi connectivity index (χ0n) is 10.3. The molecule has 0 heterocycles. The summed E-state index contributed by atoms with van der Waals surface area (Å²) < 4.78 is 0. The maximum atomic E-state index is 11.5. The van der Waals surface area contributed by atoms with E-state index in [1.807, 2.05) is 19.2 Å². The van der Waals surface area contributed by atoms with Gasteiger partial charge in [0.25, 0.3) is 0 Å². The van der Waals surface area contributed by atoms with Crippen LogP contribution >= 0.6 is 0 Å². The van der Waals surface area contributed by atoms with Crippen molar-refractivity contribution in [2.75, 3.05) is 27.2 Å². The third kappa shape index (κ3) is 3.66. The van der Waals surface area contributed by atoms with E-state index in [4.69, 9.17) is 0 Å². The summed E-state index contributed by atoms with van der Waals surface area (Å²) in [6.45, 7) is 3.28. The highest BCUT2D eigenvalue weighted by Gasteiger charge is 2.07. The van der Waals surface area contributed by atoms with Crippen molar-refractivity contribution in [3.8, 4) is 0 Å². The highest BCUT2D eigenvalue weighted by atomic mass is 16.2. The largest absolute Gasteiger partial charge is 0.344 e. The van der Waals surface area contributed by atoms with Gasteiger partial charge in [-0.3, -0.25) is 4.79 Å². The van der Waals surface area contributed by atoms with Gasteiger partial charge < -0.3 is 10.2 Å². The summed E-state index contributed by atoms with van der Waals surface area (Å²) in [6, 6.07) is 8.29. The van der Waals surface area contributed by atoms with Gasteiger partial charge in [0.2, 0.25) is 5.91 Å². The smallest absolute Gasteiger partial charge is 0.236 e. The van der Waals surface area contributed by atoms with E-state index in [2.05, 4.69) is 24.4 Å². The van der Waals surface area contributed by atoms with E-state index in [1.165, 1.54) is 11.1 Å². The fraction of sp³-hybridized carbons (Fsp3) is 0.462. The summed E-state index contributed by atoms with van der Waals surface area (Å²) in [5, 5.41) is 2.87. The number of nitrogens with zero attached hydrogens (tertiary/aromatic N) is 1. The number of likely N-dealkylation sites (N-methyl/N-ethyl adjacent to an activating group) is 2. The molecule has 0 aliphatic rings. The Labute approximate surface area is 97.5 Å². The lowest BCUT2D eigenvalue weighted by Gasteiger charge is -2.17. The highest BCUT2D eigenvalue weighted by Crippen LogP contribution is 2.07. The third-order valence-corrected chi connectivity index (χ3v) is 2.73. The standard InChI is InChI=1S/C13H20N2O/c1-11-6-4-5-7-12(11)8-9-15(3)13(16)10-14-2/h4-7,14H,8-10H2,1-3H3. The lowest BCUT2D eigenvalue weighted by molar-refractivity contribution is -0.128. The molecule has 88 valence electrons. The zero-order chi connectivity index (χ0) is 12.0. The van der Waals surface area contributed by atoms with Crippen molar-refractivity contribution in [2.45, 2.75) is 13.3 Å². The van der Waals surface area contributed by atoms with Crippen molar-refractivity contribution in [3.05, 3.63) is 35.4 Å². The number of amides is 1. The average molecular weight is 220 g/mol. The molecule has 0 atom stereocenters. The summed E-state index contributed by atoms with van der Waals surface area (Å²) in [5.41, 5.74) is 2.60. The van der Waals surface area contributed by atoms with E-state index in [0.717, 1.165) is 13.0 Å². The van der Waals surface area contributed by atoms with Crippen LogP contribution in [0.1, 0.15) is 11.1 Å². The molecule has 0 aliphatic heterocycles. The van der Waals surface area contributed by atoms with Gasteiger partial charge in [-0.2, -0.15) is 0 Å². The minimum Gasteiger partial charge on any atom is -0.344 e. The van der Waals surface area contributed by atoms with Crippen molar-refractivity contribution >= 4 is 5.91 Å². The normalized spacial score (nSPS) is 10.2. The molecule has 3 heteroatoms. The fourth-order valence-corrected chi connectivity index (χ4v) is 1.59. The SMILES string of the molecule is CNCC(=O)N(C)CCc1ccccc1C. The minimum atomic E-state index is 0.135. The van der Waals surface area contributed by atoms with Crippen molar-refractivity contribution < 1.29 is 4.79 Å². The van der Waals surface area contributed by atoms with Crippen molar-refractivity contribution in [2.24, 2.45) is 0 Å². The monoisotopic (exact) mass is 220 g/mol. The molecule has 0 bridgehead atoms. The molecule has 1 rings (SSSR count). The molecule has 0 spiro atoms. The van der Waals surface area contributed by atoms with Crippen LogP contribution in [0.4, 0.5) is 0 Å². The van der Waals surface area contributed by atoms with Gasteiger partial charge >= 0.3 is 0 Å². The van der Waals surface area contributed by atoms with E-state index in [-0.39, 0.29) is 5.91 Å². The first-order valence-corrected chi connectivity index (χ1v) is 5.58. The third-order valence-electron chi connectivity index (χ3n) is 2.73. The second-order valence-corrected chi connectivity index (χ2v) is 4.02. The quantitative estimate of drug-likeness (QED) is 0.809. The number of hydrogen-bond donors (Lipinski definition) is 1. The number of nitrogens with one attached hydrogen (secondary N) is 1. The molecule has 16 heavy (non-hydrogen) atoms. The molecule has 0 unspecified atom stereocenters. The molecular formula is C13H20N2O. The van der Waals surface area contributed by atoms with Gasteiger partial charge in [0, 0.05) is 13.6 Å². The molecule has 0 aromatic heterocycles. The topological polar surface area (TPSA) is 32.3 Å². The predicted octanol–water partition coefficient (Wildman–Crippen LogP) is 1.22. The molecule has 1 amide bonds. The average Bonchev–Trinajstić information content (AvgIpc) is 2.28. The maximum absolute atomic E-state index is 11.5. The van der Waals surface area contributed by atoms with Crippen LogP contribution < -0.4 is 5.32 Å². The molecule has 0 saturated carbocycles. The van der Waals surface area contributed by atoms with Crippen LogP contribution in [-0.2, 0) is 11.2 Å². The maximum Gasteiger partial charge on any atom is 0.236 e. The minimum absolute atomic E-state index is 0.135. The Morgan fingerprint density at radius 1 is 1.38 bits per heavy atom. The Morgan fingerprint density at radius 3 is 2.69 bits per heavy atom. The van der Waals surface area contributed by atoms with Gasteiger partial charge in [-0.1, -0.05) is 24.3 Å². The van der Waals surface area contributed by atoms with Crippen LogP contribution in [0.15, 0.2) is 24.3 Å². The van der Waals surface area contributed by atoms with E-state index in [0.29, 0.717) is 6.54 Å². The molecule has 3 nitrogen and oxygen atoms in total. The number of benzene rings is 1. The second-order valence-electron chi connectivity index (χ2n) is 4.02. The lowest BCUT2D eigenvalue weighted by Crippen LogP contribution is -2.35. The molecule has 1 aromatic rings. The Hall–Kier alpha value is -1.35. The number of carbonyl (C=O) groups excluding carboxylic acids is 1. The van der Waals surface area contributed by atoms with Crippen molar-refractivity contribution in [3.63, 3.8) is 0 Å². The van der Waals surface area contributed by atoms with E-state index in [1.54, 1.807) is 11.9 Å². The second kappa shape index (κ2) is 6.28. The van der Waals surface area contributed by atoms with Gasteiger partial charge in [-0.15, -0.1) is 0 Å². The Morgan fingerprint density at radius 2 is 2.06 bits per heavy atom. The number of hydrogen-bond acceptors (Lipinski definition) is 2. The van der Waals surface area contributed by atoms with Crippen molar-refractivity contribution in [1.82, 2.24) is 10.2 Å². The summed E-state index contributed by atoms with van der Waals surface area (Å²) >= 11 is 0. The number of carbonyl (C=O) groups is 1. The van der Waals surface area contributed by atoms with Crippen LogP contribution in [0.3, 0.4) is 0 Å². The number of rotatable bonds is 5. The van der Waals surface area contributed by atoms with Gasteiger partial charge in [0.1, 0.15) is 0 Å². The highest BCUT2D eigenvalue weighted by molar-refractivity contribution is 5.77. The van der Waals surface area contributed by atoms with Crippen LogP contribution in [0.5, 0.6) is 0 Å². The van der Waals surface area contributed by atoms with Crippen LogP contribution in [0.25, 0.3) is 0 Å². The van der Waals surface area contributed by atoms with Gasteiger partial charge in [0.15, 0.2) is 0 Å². The molecular weight excluding hydrogens is 200 g/mol. The Kier molecular flexibility index (Phi) is 4.99. The van der Waals surface area contributed by atoms with E-state index < -0.39 is 0 Å². The van der Waals surface area contributed by atoms with Crippen LogP contribution in [-0.4, -0.2) is 38.0 Å². The first-order valence-electron chi connectivity index (χ1n) is 5.58. The van der Waals surface area contributed by atoms with Gasteiger partial charge in [0.05, 0.1) is 6.54 Å². The summed E-state index contributed by atoms with van der Waals surface area (Å²) in [5.74, 6) is 0.135. The summed E-state index contributed by atoms with van der Waals surface area (Å²) in [7, 11) is 3.63. The first kappa shape index (κ1) is 12.7. The molecule has 1 aromatic carbocycles. The zero-order valence-corrected chi connectivity index (χ0v) is 10.3. The summed E-state index contributed by atoms with van der Waals surface area (Å²) in [6.07, 6.45) is 0.915. The van der Waals surface area contributed by atoms with E-state index >= 15 is 0 Å². The van der Waals surface area contributed by atoms with Crippen molar-refractivity contribution in [1.29, 1.82) is 0 Å². The van der Waals surface area contributed by atoms with Crippen LogP contribution in [0.2, 0.25) is 0 Å².